The number of hydrogen-bond acceptors (Lipinski definition) is 3. The summed E-state index contributed by atoms with van der Waals surface area (Å²) in [5.74, 6) is -2.22. The highest BCUT2D eigenvalue weighted by Crippen LogP contribution is 2.11. The van der Waals surface area contributed by atoms with Crippen molar-refractivity contribution in [2.24, 2.45) is 0 Å². The Kier molecular flexibility index (Phi) is 4.42. The van der Waals surface area contributed by atoms with E-state index >= 15 is 0 Å². The molecule has 0 amide bonds. The minimum absolute atomic E-state index is 0.267. The lowest BCUT2D eigenvalue weighted by Crippen LogP contribution is -2.38. The van der Waals surface area contributed by atoms with Gasteiger partial charge in [-0.05, 0) is 31.0 Å². The molecule has 1 aromatic rings. The predicted molar refractivity (Wildman–Crippen MR) is 64.0 cm³/mol. The lowest BCUT2D eigenvalue weighted by molar-refractivity contribution is -0.138. The topological polar surface area (TPSA) is 83.5 Å². The van der Waals surface area contributed by atoms with Gasteiger partial charge in [0.25, 0.3) is 0 Å². The lowest BCUT2D eigenvalue weighted by atomic mass is 10.2. The van der Waals surface area contributed by atoms with E-state index in [1.807, 2.05) is 4.72 Å². The Labute approximate surface area is 105 Å². The van der Waals surface area contributed by atoms with Crippen molar-refractivity contribution in [1.29, 1.82) is 0 Å². The predicted octanol–water partition coefficient (Wildman–Crippen LogP) is 1.03. The molecule has 0 saturated carbocycles. The maximum Gasteiger partial charge on any atom is 0.321 e. The second-order valence-electron chi connectivity index (χ2n) is 4.02. The fourth-order valence-electron chi connectivity index (χ4n) is 1.31. The molecule has 0 spiro atoms. The molecule has 0 aliphatic heterocycles. The van der Waals surface area contributed by atoms with Crippen LogP contribution in [0.25, 0.3) is 0 Å². The molecule has 1 unspecified atom stereocenters. The Hall–Kier alpha value is -1.47. The zero-order valence-electron chi connectivity index (χ0n) is 9.97. The number of halogens is 1. The minimum atomic E-state index is -3.81. The molecule has 7 heteroatoms. The van der Waals surface area contributed by atoms with Crippen molar-refractivity contribution in [3.05, 3.63) is 35.1 Å². The van der Waals surface area contributed by atoms with Gasteiger partial charge in [-0.15, -0.1) is 0 Å². The summed E-state index contributed by atoms with van der Waals surface area (Å²) in [6, 6.07) is 2.87. The molecule has 1 rings (SSSR count). The summed E-state index contributed by atoms with van der Waals surface area (Å²) in [7, 11) is -3.81. The Morgan fingerprint density at radius 2 is 2.11 bits per heavy atom. The molecule has 0 fully saturated rings. The van der Waals surface area contributed by atoms with E-state index < -0.39 is 33.6 Å². The average molecular weight is 275 g/mol. The van der Waals surface area contributed by atoms with Gasteiger partial charge < -0.3 is 5.11 Å². The molecule has 0 aliphatic rings. The second-order valence-corrected chi connectivity index (χ2v) is 5.77. The highest BCUT2D eigenvalue weighted by atomic mass is 32.2. The molecule has 0 radical (unpaired) electrons. The van der Waals surface area contributed by atoms with E-state index in [-0.39, 0.29) is 5.56 Å². The molecule has 100 valence electrons. The number of aryl methyl sites for hydroxylation is 1. The standard InChI is InChI=1S/C11H14FNO4S/c1-7-3-4-9(5-10(7)12)6-18(16,17)13-8(2)11(14)15/h3-5,8,13H,6H2,1-2H3,(H,14,15). The molecule has 0 saturated heterocycles. The van der Waals surface area contributed by atoms with Crippen LogP contribution in [-0.2, 0) is 20.6 Å². The van der Waals surface area contributed by atoms with E-state index in [2.05, 4.69) is 0 Å². The van der Waals surface area contributed by atoms with Gasteiger partial charge in [-0.25, -0.2) is 17.5 Å². The first-order chi connectivity index (χ1) is 8.21. The quantitative estimate of drug-likeness (QED) is 0.840. The van der Waals surface area contributed by atoms with Crippen molar-refractivity contribution in [2.75, 3.05) is 0 Å². The van der Waals surface area contributed by atoms with Gasteiger partial charge >= 0.3 is 5.97 Å². The molecule has 0 heterocycles. The SMILES string of the molecule is Cc1ccc(CS(=O)(=O)NC(C)C(=O)O)cc1F. The summed E-state index contributed by atoms with van der Waals surface area (Å²) in [5.41, 5.74) is 0.686. The molecule has 1 aromatic carbocycles. The van der Waals surface area contributed by atoms with Crippen LogP contribution < -0.4 is 4.72 Å². The molecule has 1 atom stereocenters. The first-order valence-corrected chi connectivity index (χ1v) is 6.84. The van der Waals surface area contributed by atoms with E-state index in [4.69, 9.17) is 5.11 Å². The molecular formula is C11H14FNO4S. The number of hydrogen-bond donors (Lipinski definition) is 2. The average Bonchev–Trinajstić information content (AvgIpc) is 2.22. The van der Waals surface area contributed by atoms with Gasteiger partial charge in [0.05, 0.1) is 5.75 Å². The Morgan fingerprint density at radius 1 is 1.50 bits per heavy atom. The number of aliphatic carboxylic acids is 1. The van der Waals surface area contributed by atoms with Crippen molar-refractivity contribution < 1.29 is 22.7 Å². The number of carbonyl (C=O) groups is 1. The fraction of sp³-hybridized carbons (Fsp3) is 0.364. The Morgan fingerprint density at radius 3 is 2.61 bits per heavy atom. The van der Waals surface area contributed by atoms with Crippen LogP contribution >= 0.6 is 0 Å². The molecule has 0 aliphatic carbocycles. The molecule has 0 aromatic heterocycles. The van der Waals surface area contributed by atoms with Crippen molar-refractivity contribution in [1.82, 2.24) is 4.72 Å². The number of carboxylic acids is 1. The highest BCUT2D eigenvalue weighted by molar-refractivity contribution is 7.88. The van der Waals surface area contributed by atoms with Crippen LogP contribution in [0.3, 0.4) is 0 Å². The van der Waals surface area contributed by atoms with Gasteiger partial charge in [0.15, 0.2) is 0 Å². The van der Waals surface area contributed by atoms with Gasteiger partial charge in [0.2, 0.25) is 10.0 Å². The van der Waals surface area contributed by atoms with Crippen molar-refractivity contribution >= 4 is 16.0 Å². The van der Waals surface area contributed by atoms with Crippen LogP contribution in [0.15, 0.2) is 18.2 Å². The van der Waals surface area contributed by atoms with Crippen molar-refractivity contribution in [3.8, 4) is 0 Å². The minimum Gasteiger partial charge on any atom is -0.480 e. The summed E-state index contributed by atoms with van der Waals surface area (Å²) >= 11 is 0. The zero-order valence-corrected chi connectivity index (χ0v) is 10.8. The Balaban J connectivity index is 2.82. The van der Waals surface area contributed by atoms with Crippen LogP contribution in [0.4, 0.5) is 4.39 Å². The first kappa shape index (κ1) is 14.6. The summed E-state index contributed by atoms with van der Waals surface area (Å²) in [6.07, 6.45) is 0. The van der Waals surface area contributed by atoms with Crippen LogP contribution in [0.1, 0.15) is 18.1 Å². The molecular weight excluding hydrogens is 261 g/mol. The largest absolute Gasteiger partial charge is 0.480 e. The monoisotopic (exact) mass is 275 g/mol. The number of sulfonamides is 1. The van der Waals surface area contributed by atoms with Gasteiger partial charge in [0.1, 0.15) is 11.9 Å². The van der Waals surface area contributed by atoms with Crippen molar-refractivity contribution in [3.63, 3.8) is 0 Å². The van der Waals surface area contributed by atoms with E-state index in [1.54, 1.807) is 6.92 Å². The number of carboxylic acid groups (broad SMARTS) is 1. The van der Waals surface area contributed by atoms with E-state index in [1.165, 1.54) is 19.1 Å². The molecule has 0 bridgehead atoms. The van der Waals surface area contributed by atoms with Gasteiger partial charge in [-0.1, -0.05) is 12.1 Å². The number of rotatable bonds is 5. The highest BCUT2D eigenvalue weighted by Gasteiger charge is 2.20. The summed E-state index contributed by atoms with van der Waals surface area (Å²) < 4.78 is 38.5. The van der Waals surface area contributed by atoms with Crippen LogP contribution in [-0.4, -0.2) is 25.5 Å². The normalized spacial score (nSPS) is 13.3. The van der Waals surface area contributed by atoms with Gasteiger partial charge in [-0.2, -0.15) is 0 Å². The smallest absolute Gasteiger partial charge is 0.321 e. The van der Waals surface area contributed by atoms with Crippen molar-refractivity contribution in [2.45, 2.75) is 25.6 Å². The number of benzene rings is 1. The van der Waals surface area contributed by atoms with Crippen LogP contribution in [0.5, 0.6) is 0 Å². The Bertz CT molecular complexity index is 556. The van der Waals surface area contributed by atoms with Gasteiger partial charge in [0, 0.05) is 0 Å². The third kappa shape index (κ3) is 4.08. The second kappa shape index (κ2) is 5.45. The zero-order chi connectivity index (χ0) is 13.9. The van der Waals surface area contributed by atoms with E-state index in [9.17, 15) is 17.6 Å². The summed E-state index contributed by atoms with van der Waals surface area (Å²) in [6.45, 7) is 2.79. The van der Waals surface area contributed by atoms with E-state index in [0.717, 1.165) is 6.07 Å². The molecule has 2 N–H and O–H groups in total. The maximum atomic E-state index is 13.2. The number of nitrogens with one attached hydrogen (secondary N) is 1. The summed E-state index contributed by atoms with van der Waals surface area (Å²) in [4.78, 5) is 10.5. The third-order valence-corrected chi connectivity index (χ3v) is 3.75. The molecule has 18 heavy (non-hydrogen) atoms. The fourth-order valence-corrected chi connectivity index (χ4v) is 2.65. The molecule has 5 nitrogen and oxygen atoms in total. The van der Waals surface area contributed by atoms with E-state index in [0.29, 0.717) is 5.56 Å². The maximum absolute atomic E-state index is 13.2. The summed E-state index contributed by atoms with van der Waals surface area (Å²) in [5, 5.41) is 8.60. The first-order valence-electron chi connectivity index (χ1n) is 5.19. The van der Waals surface area contributed by atoms with Gasteiger partial charge in [-0.3, -0.25) is 4.79 Å². The lowest BCUT2D eigenvalue weighted by Gasteiger charge is -2.10. The third-order valence-electron chi connectivity index (χ3n) is 2.32. The van der Waals surface area contributed by atoms with Crippen LogP contribution in [0, 0.1) is 12.7 Å². The van der Waals surface area contributed by atoms with Crippen LogP contribution in [0.2, 0.25) is 0 Å².